The highest BCUT2D eigenvalue weighted by atomic mass is 16.6. The molecule has 0 bridgehead atoms. The minimum Gasteiger partial charge on any atom is -0.446 e. The molecule has 2 heterocycles. The maximum Gasteiger partial charge on any atom is 0.417 e. The number of nitrogens with one attached hydrogen (secondary N) is 1. The number of ether oxygens (including phenoxy) is 2. The third-order valence-corrected chi connectivity index (χ3v) is 5.07. The number of hydrogen-bond donors (Lipinski definition) is 2. The van der Waals surface area contributed by atoms with Crippen LogP contribution in [0.15, 0.2) is 30.3 Å². The number of benzene rings is 1. The molecular formula is C18H24N2O5. The monoisotopic (exact) mass is 348 g/mol. The van der Waals surface area contributed by atoms with Crippen molar-refractivity contribution < 1.29 is 24.2 Å². The molecule has 7 nitrogen and oxygen atoms in total. The van der Waals surface area contributed by atoms with Crippen LogP contribution in [0.2, 0.25) is 0 Å². The average molecular weight is 348 g/mol. The topological polar surface area (TPSA) is 88.1 Å². The number of hydrogen-bond acceptors (Lipinski definition) is 6. The van der Waals surface area contributed by atoms with E-state index in [1.54, 1.807) is 14.0 Å². The number of imide groups is 1. The molecular weight excluding hydrogens is 324 g/mol. The normalized spacial score (nSPS) is 28.7. The Bertz CT molecular complexity index is 623. The van der Waals surface area contributed by atoms with Gasteiger partial charge in [-0.15, -0.1) is 0 Å². The van der Waals surface area contributed by atoms with Gasteiger partial charge in [-0.1, -0.05) is 37.3 Å². The third-order valence-electron chi connectivity index (χ3n) is 5.07. The van der Waals surface area contributed by atoms with Crippen LogP contribution in [-0.2, 0) is 14.3 Å². The molecule has 3 rings (SSSR count). The number of amides is 2. The molecule has 2 N–H and O–H groups in total. The Balaban J connectivity index is 1.72. The molecule has 7 heteroatoms. The molecule has 0 spiro atoms. The van der Waals surface area contributed by atoms with Crippen LogP contribution in [0.5, 0.6) is 0 Å². The summed E-state index contributed by atoms with van der Waals surface area (Å²) in [4.78, 5) is 26.1. The van der Waals surface area contributed by atoms with Crippen molar-refractivity contribution in [2.75, 3.05) is 20.3 Å². The van der Waals surface area contributed by atoms with Gasteiger partial charge in [-0.05, 0) is 12.0 Å². The van der Waals surface area contributed by atoms with Crippen LogP contribution in [0, 0.1) is 5.92 Å². The molecule has 5 atom stereocenters. The van der Waals surface area contributed by atoms with Gasteiger partial charge in [0.1, 0.15) is 12.6 Å². The second kappa shape index (κ2) is 7.51. The Morgan fingerprint density at radius 3 is 2.76 bits per heavy atom. The third kappa shape index (κ3) is 3.53. The zero-order valence-electron chi connectivity index (χ0n) is 14.4. The van der Waals surface area contributed by atoms with Gasteiger partial charge in [-0.2, -0.15) is 0 Å². The van der Waals surface area contributed by atoms with Gasteiger partial charge in [0.15, 0.2) is 0 Å². The standard InChI is InChI=1S/C18H24N2O5/c1-11(16(21)14-8-13(24-2)9-19-14)17(22)20-15(10-25-18(20)23)12-6-4-3-5-7-12/h3-7,11,13-16,19,21H,8-10H2,1-2H3/t11-,13-,14+,15+,16-/m1/s1. The van der Waals surface area contributed by atoms with Crippen LogP contribution in [0.3, 0.4) is 0 Å². The minimum atomic E-state index is -0.905. The van der Waals surface area contributed by atoms with Crippen molar-refractivity contribution in [3.8, 4) is 0 Å². The minimum absolute atomic E-state index is 0.0239. The van der Waals surface area contributed by atoms with E-state index in [1.165, 1.54) is 0 Å². The van der Waals surface area contributed by atoms with E-state index in [9.17, 15) is 14.7 Å². The first-order valence-corrected chi connectivity index (χ1v) is 8.52. The summed E-state index contributed by atoms with van der Waals surface area (Å²) in [5.41, 5.74) is 0.835. The number of aliphatic hydroxyl groups is 1. The fraction of sp³-hybridized carbons (Fsp3) is 0.556. The molecule has 2 saturated heterocycles. The fourth-order valence-corrected chi connectivity index (χ4v) is 3.47. The van der Waals surface area contributed by atoms with Gasteiger partial charge in [0.2, 0.25) is 5.91 Å². The summed E-state index contributed by atoms with van der Waals surface area (Å²) in [6.45, 7) is 2.41. The van der Waals surface area contributed by atoms with Crippen LogP contribution in [0.25, 0.3) is 0 Å². The van der Waals surface area contributed by atoms with Crippen molar-refractivity contribution in [2.24, 2.45) is 5.92 Å². The van der Waals surface area contributed by atoms with Crippen LogP contribution in [0.1, 0.15) is 24.9 Å². The maximum atomic E-state index is 12.9. The zero-order valence-corrected chi connectivity index (χ0v) is 14.4. The number of methoxy groups -OCH3 is 1. The predicted octanol–water partition coefficient (Wildman–Crippen LogP) is 1.08. The van der Waals surface area contributed by atoms with Crippen molar-refractivity contribution in [1.29, 1.82) is 0 Å². The largest absolute Gasteiger partial charge is 0.446 e. The van der Waals surface area contributed by atoms with E-state index >= 15 is 0 Å². The first-order valence-electron chi connectivity index (χ1n) is 8.52. The quantitative estimate of drug-likeness (QED) is 0.828. The molecule has 2 aliphatic rings. The number of rotatable bonds is 5. The number of aliphatic hydroxyl groups excluding tert-OH is 1. The zero-order chi connectivity index (χ0) is 18.0. The lowest BCUT2D eigenvalue weighted by Gasteiger charge is -2.28. The number of nitrogens with zero attached hydrogens (tertiary/aromatic N) is 1. The average Bonchev–Trinajstić information content (AvgIpc) is 3.27. The molecule has 2 amide bonds. The van der Waals surface area contributed by atoms with Crippen molar-refractivity contribution in [2.45, 2.75) is 37.6 Å². The fourth-order valence-electron chi connectivity index (χ4n) is 3.47. The summed E-state index contributed by atoms with van der Waals surface area (Å²) < 4.78 is 10.4. The molecule has 2 aliphatic heterocycles. The Morgan fingerprint density at radius 1 is 1.40 bits per heavy atom. The molecule has 1 aromatic carbocycles. The lowest BCUT2D eigenvalue weighted by atomic mass is 9.94. The molecule has 0 aliphatic carbocycles. The molecule has 0 unspecified atom stereocenters. The summed E-state index contributed by atoms with van der Waals surface area (Å²) in [7, 11) is 1.63. The van der Waals surface area contributed by atoms with E-state index in [4.69, 9.17) is 9.47 Å². The van der Waals surface area contributed by atoms with Gasteiger partial charge in [0, 0.05) is 19.7 Å². The maximum absolute atomic E-state index is 12.9. The smallest absolute Gasteiger partial charge is 0.417 e. The molecule has 25 heavy (non-hydrogen) atoms. The highest BCUT2D eigenvalue weighted by molar-refractivity contribution is 5.95. The predicted molar refractivity (Wildman–Crippen MR) is 89.8 cm³/mol. The van der Waals surface area contributed by atoms with Crippen LogP contribution in [-0.4, -0.2) is 60.5 Å². The Morgan fingerprint density at radius 2 is 2.12 bits per heavy atom. The summed E-state index contributed by atoms with van der Waals surface area (Å²) >= 11 is 0. The summed E-state index contributed by atoms with van der Waals surface area (Å²) in [5.74, 6) is -1.16. The van der Waals surface area contributed by atoms with Gasteiger partial charge in [-0.3, -0.25) is 4.79 Å². The Hall–Kier alpha value is -1.96. The number of cyclic esters (lactones) is 1. The van der Waals surface area contributed by atoms with Crippen molar-refractivity contribution in [3.05, 3.63) is 35.9 Å². The lowest BCUT2D eigenvalue weighted by Crippen LogP contribution is -2.47. The van der Waals surface area contributed by atoms with E-state index in [0.29, 0.717) is 13.0 Å². The Kier molecular flexibility index (Phi) is 5.36. The summed E-state index contributed by atoms with van der Waals surface area (Å²) in [5, 5.41) is 13.8. The van der Waals surface area contributed by atoms with E-state index < -0.39 is 30.1 Å². The van der Waals surface area contributed by atoms with Crippen LogP contribution < -0.4 is 5.32 Å². The summed E-state index contributed by atoms with van der Waals surface area (Å²) in [6.07, 6.45) is -0.915. The molecule has 1 aromatic rings. The highest BCUT2D eigenvalue weighted by Gasteiger charge is 2.44. The second-order valence-corrected chi connectivity index (χ2v) is 6.60. The Labute approximate surface area is 146 Å². The molecule has 0 radical (unpaired) electrons. The van der Waals surface area contributed by atoms with Gasteiger partial charge in [-0.25, -0.2) is 9.69 Å². The summed E-state index contributed by atoms with van der Waals surface area (Å²) in [6, 6.07) is 8.60. The molecule has 136 valence electrons. The van der Waals surface area contributed by atoms with Gasteiger partial charge in [0.25, 0.3) is 0 Å². The van der Waals surface area contributed by atoms with E-state index in [-0.39, 0.29) is 18.8 Å². The van der Waals surface area contributed by atoms with Crippen molar-refractivity contribution >= 4 is 12.0 Å². The van der Waals surface area contributed by atoms with Gasteiger partial charge >= 0.3 is 6.09 Å². The van der Waals surface area contributed by atoms with Crippen molar-refractivity contribution in [3.63, 3.8) is 0 Å². The first kappa shape index (κ1) is 17.8. The van der Waals surface area contributed by atoms with Crippen LogP contribution in [0.4, 0.5) is 4.79 Å². The number of carbonyl (C=O) groups excluding carboxylic acids is 2. The van der Waals surface area contributed by atoms with Gasteiger partial charge < -0.3 is 19.9 Å². The second-order valence-electron chi connectivity index (χ2n) is 6.60. The highest BCUT2D eigenvalue weighted by Crippen LogP contribution is 2.30. The van der Waals surface area contributed by atoms with E-state index in [2.05, 4.69) is 5.32 Å². The van der Waals surface area contributed by atoms with Crippen molar-refractivity contribution in [1.82, 2.24) is 10.2 Å². The molecule has 0 saturated carbocycles. The lowest BCUT2D eigenvalue weighted by molar-refractivity contribution is -0.137. The van der Waals surface area contributed by atoms with Gasteiger partial charge in [0.05, 0.1) is 18.1 Å². The van der Waals surface area contributed by atoms with E-state index in [1.807, 2.05) is 30.3 Å². The molecule has 2 fully saturated rings. The number of carbonyl (C=O) groups is 2. The molecule has 0 aromatic heterocycles. The van der Waals surface area contributed by atoms with E-state index in [0.717, 1.165) is 10.5 Å². The van der Waals surface area contributed by atoms with Crippen LogP contribution >= 0.6 is 0 Å². The first-order chi connectivity index (χ1) is 12.0. The SMILES string of the molecule is CO[C@H]1CN[C@H]([C@H](O)[C@@H](C)C(=O)N2C(=O)OC[C@H]2c2ccccc2)C1.